The van der Waals surface area contributed by atoms with E-state index in [1.54, 1.807) is 4.57 Å². The van der Waals surface area contributed by atoms with E-state index in [1.807, 2.05) is 6.07 Å². The Balaban J connectivity index is 1.67. The number of hydrogen-bond acceptors (Lipinski definition) is 8. The quantitative estimate of drug-likeness (QED) is 0.674. The molecule has 1 aliphatic carbocycles. The van der Waals surface area contributed by atoms with Gasteiger partial charge in [-0.2, -0.15) is 5.26 Å². The number of rotatable bonds is 4. The van der Waals surface area contributed by atoms with Crippen LogP contribution in [0.15, 0.2) is 24.8 Å². The highest BCUT2D eigenvalue weighted by Gasteiger charge is 2.43. The van der Waals surface area contributed by atoms with Crippen LogP contribution < -0.4 is 5.32 Å². The van der Waals surface area contributed by atoms with Crippen LogP contribution in [0.2, 0.25) is 0 Å². The lowest BCUT2D eigenvalue weighted by molar-refractivity contribution is -0.0244. The molecule has 0 spiro atoms. The van der Waals surface area contributed by atoms with Crippen LogP contribution in [0, 0.1) is 11.3 Å². The molecule has 3 N–H and O–H groups in total. The Bertz CT molecular complexity index is 824. The van der Waals surface area contributed by atoms with Crippen LogP contribution in [0.5, 0.6) is 0 Å². The van der Waals surface area contributed by atoms with Gasteiger partial charge in [0, 0.05) is 12.1 Å². The minimum absolute atomic E-state index is 0.420. The minimum Gasteiger partial charge on any atom is -0.387 e. The molecule has 2 aromatic heterocycles. The van der Waals surface area contributed by atoms with E-state index in [9.17, 15) is 10.2 Å². The van der Waals surface area contributed by atoms with Crippen molar-refractivity contribution in [2.24, 2.45) is 0 Å². The third kappa shape index (κ3) is 2.50. The molecule has 2 fully saturated rings. The van der Waals surface area contributed by atoms with E-state index in [-0.39, 0.29) is 0 Å². The van der Waals surface area contributed by atoms with Crippen LogP contribution in [-0.2, 0) is 4.74 Å². The third-order valence-corrected chi connectivity index (χ3v) is 4.19. The number of imidazole rings is 1. The molecule has 4 rings (SSSR count). The van der Waals surface area contributed by atoms with Crippen molar-refractivity contribution >= 4 is 17.0 Å². The number of allylic oxidation sites excluding steroid dienone is 1. The number of ether oxygens (including phenoxy) is 1. The lowest BCUT2D eigenvalue weighted by Gasteiger charge is -2.16. The Morgan fingerprint density at radius 1 is 1.29 bits per heavy atom. The number of nitrogens with zero attached hydrogens (tertiary/aromatic N) is 5. The van der Waals surface area contributed by atoms with E-state index in [0.29, 0.717) is 23.0 Å². The summed E-state index contributed by atoms with van der Waals surface area (Å²) in [6, 6.07) is 2.26. The second-order valence-corrected chi connectivity index (χ2v) is 5.93. The first kappa shape index (κ1) is 15.0. The van der Waals surface area contributed by atoms with Crippen molar-refractivity contribution in [2.75, 3.05) is 5.32 Å². The van der Waals surface area contributed by atoms with Crippen LogP contribution >= 0.6 is 0 Å². The molecular weight excluding hydrogens is 312 g/mol. The van der Waals surface area contributed by atoms with Gasteiger partial charge in [-0.3, -0.25) is 4.57 Å². The second kappa shape index (κ2) is 5.83. The average Bonchev–Trinajstić information content (AvgIpc) is 3.23. The zero-order chi connectivity index (χ0) is 16.7. The molecule has 0 amide bonds. The van der Waals surface area contributed by atoms with Crippen LogP contribution in [0.1, 0.15) is 19.1 Å². The summed E-state index contributed by atoms with van der Waals surface area (Å²) in [5, 5.41) is 32.3. The number of aromatic nitrogens is 4. The Morgan fingerprint density at radius 3 is 2.88 bits per heavy atom. The summed E-state index contributed by atoms with van der Waals surface area (Å²) in [6.45, 7) is 0. The van der Waals surface area contributed by atoms with E-state index >= 15 is 0 Å². The van der Waals surface area contributed by atoms with Crippen LogP contribution in [0.25, 0.3) is 11.2 Å². The van der Waals surface area contributed by atoms with Gasteiger partial charge in [0.25, 0.3) is 0 Å². The van der Waals surface area contributed by atoms with E-state index in [1.165, 1.54) is 24.8 Å². The molecule has 0 aromatic carbocycles. The van der Waals surface area contributed by atoms with Gasteiger partial charge < -0.3 is 20.3 Å². The van der Waals surface area contributed by atoms with Gasteiger partial charge in [0.15, 0.2) is 23.2 Å². The maximum Gasteiger partial charge on any atom is 0.167 e. The van der Waals surface area contributed by atoms with Crippen molar-refractivity contribution in [1.82, 2.24) is 19.5 Å². The minimum atomic E-state index is -1.16. The normalized spacial score (nSPS) is 30.0. The van der Waals surface area contributed by atoms with Gasteiger partial charge in [-0.15, -0.1) is 0 Å². The summed E-state index contributed by atoms with van der Waals surface area (Å²) >= 11 is 0. The molecule has 0 radical (unpaired) electrons. The fourth-order valence-electron chi connectivity index (χ4n) is 2.78. The molecule has 4 atom stereocenters. The standard InChI is InChI=1S/C15H16N6O3/c16-5-1-2-9-11(22)12(23)15(24-9)21-7-19-10-13(20-8-3-4-8)17-6-18-14(10)21/h1-2,6-9,11-12,15,22-23H,3-4H2,(H,17,18,20)/b2-1+/t9-,11-,12-,15-/m1/s1. The van der Waals surface area contributed by atoms with Gasteiger partial charge in [0.1, 0.15) is 24.6 Å². The number of aliphatic hydroxyl groups excluding tert-OH is 2. The van der Waals surface area contributed by atoms with Crippen molar-refractivity contribution in [3.8, 4) is 6.07 Å². The summed E-state index contributed by atoms with van der Waals surface area (Å²) in [7, 11) is 0. The molecule has 1 saturated carbocycles. The Labute approximate surface area is 137 Å². The highest BCUT2D eigenvalue weighted by atomic mass is 16.6. The zero-order valence-corrected chi connectivity index (χ0v) is 12.6. The number of fused-ring (bicyclic) bond motifs is 1. The third-order valence-electron chi connectivity index (χ3n) is 4.19. The molecule has 1 saturated heterocycles. The maximum absolute atomic E-state index is 10.3. The van der Waals surface area contributed by atoms with Gasteiger partial charge in [-0.25, -0.2) is 15.0 Å². The van der Waals surface area contributed by atoms with E-state index in [2.05, 4.69) is 20.3 Å². The molecule has 2 aromatic rings. The highest BCUT2D eigenvalue weighted by molar-refractivity contribution is 5.83. The van der Waals surface area contributed by atoms with Crippen molar-refractivity contribution in [3.05, 3.63) is 24.8 Å². The summed E-state index contributed by atoms with van der Waals surface area (Å²) in [4.78, 5) is 12.8. The first-order chi connectivity index (χ1) is 11.7. The molecule has 1 aliphatic heterocycles. The number of nitriles is 1. The smallest absolute Gasteiger partial charge is 0.167 e. The van der Waals surface area contributed by atoms with Crippen molar-refractivity contribution < 1.29 is 14.9 Å². The first-order valence-corrected chi connectivity index (χ1v) is 7.71. The SMILES string of the molecule is N#C/C=C/[C@H]1O[C@@H](n2cnc3c(NC4CC4)ncnc32)[C@H](O)[C@@H]1O. The van der Waals surface area contributed by atoms with Crippen molar-refractivity contribution in [1.29, 1.82) is 5.26 Å². The largest absolute Gasteiger partial charge is 0.387 e. The van der Waals surface area contributed by atoms with Gasteiger partial charge in [0.2, 0.25) is 0 Å². The molecule has 9 nitrogen and oxygen atoms in total. The summed E-state index contributed by atoms with van der Waals surface area (Å²) in [5.74, 6) is 0.648. The Morgan fingerprint density at radius 2 is 2.12 bits per heavy atom. The van der Waals surface area contributed by atoms with Gasteiger partial charge in [0.05, 0.1) is 12.4 Å². The Hall–Kier alpha value is -2.54. The van der Waals surface area contributed by atoms with Crippen molar-refractivity contribution in [2.45, 2.75) is 43.4 Å². The van der Waals surface area contributed by atoms with E-state index in [0.717, 1.165) is 12.8 Å². The summed E-state index contributed by atoms with van der Waals surface area (Å²) in [6.07, 6.45) is 3.87. The first-order valence-electron chi connectivity index (χ1n) is 7.71. The van der Waals surface area contributed by atoms with Gasteiger partial charge in [-0.05, 0) is 18.9 Å². The molecule has 2 aliphatic rings. The maximum atomic E-state index is 10.3. The lowest BCUT2D eigenvalue weighted by atomic mass is 10.1. The fraction of sp³-hybridized carbons (Fsp3) is 0.467. The molecular formula is C15H16N6O3. The number of nitrogens with one attached hydrogen (secondary N) is 1. The fourth-order valence-corrected chi connectivity index (χ4v) is 2.78. The van der Waals surface area contributed by atoms with Crippen LogP contribution in [-0.4, -0.2) is 54.1 Å². The van der Waals surface area contributed by atoms with Crippen LogP contribution in [0.3, 0.4) is 0 Å². The van der Waals surface area contributed by atoms with E-state index in [4.69, 9.17) is 10.00 Å². The molecule has 0 unspecified atom stereocenters. The topological polar surface area (TPSA) is 129 Å². The Kier molecular flexibility index (Phi) is 3.65. The monoisotopic (exact) mass is 328 g/mol. The zero-order valence-electron chi connectivity index (χ0n) is 12.6. The van der Waals surface area contributed by atoms with Crippen LogP contribution in [0.4, 0.5) is 5.82 Å². The molecule has 124 valence electrons. The molecule has 9 heteroatoms. The molecule has 3 heterocycles. The summed E-state index contributed by atoms with van der Waals surface area (Å²) < 4.78 is 7.25. The van der Waals surface area contributed by atoms with Crippen molar-refractivity contribution in [3.63, 3.8) is 0 Å². The van der Waals surface area contributed by atoms with Gasteiger partial charge >= 0.3 is 0 Å². The second-order valence-electron chi connectivity index (χ2n) is 5.93. The highest BCUT2D eigenvalue weighted by Crippen LogP contribution is 2.33. The molecule has 24 heavy (non-hydrogen) atoms. The molecule has 0 bridgehead atoms. The van der Waals surface area contributed by atoms with E-state index < -0.39 is 24.5 Å². The lowest BCUT2D eigenvalue weighted by Crippen LogP contribution is -2.30. The predicted octanol–water partition coefficient (Wildman–Crippen LogP) is 0.0996. The summed E-state index contributed by atoms with van der Waals surface area (Å²) in [5.41, 5.74) is 1.10. The van der Waals surface area contributed by atoms with Gasteiger partial charge in [-0.1, -0.05) is 0 Å². The predicted molar refractivity (Wildman–Crippen MR) is 82.6 cm³/mol. The average molecular weight is 328 g/mol. The number of hydrogen-bond donors (Lipinski definition) is 3. The number of aliphatic hydroxyl groups is 2. The number of anilines is 1.